The first-order chi connectivity index (χ1) is 28.7. The third-order valence-electron chi connectivity index (χ3n) is 11.8. The van der Waals surface area contributed by atoms with Gasteiger partial charge in [-0.2, -0.15) is 0 Å². The molecule has 12 rings (SSSR count). The van der Waals surface area contributed by atoms with Gasteiger partial charge >= 0.3 is 0 Å². The molecule has 58 heavy (non-hydrogen) atoms. The number of thiophene rings is 1. The van der Waals surface area contributed by atoms with Gasteiger partial charge < -0.3 is 14.1 Å². The molecule has 10 aromatic rings. The molecule has 2 aromatic heterocycles. The summed E-state index contributed by atoms with van der Waals surface area (Å²) in [4.78, 5) is 2.38. The quantitative estimate of drug-likeness (QED) is 0.169. The molecule has 2 atom stereocenters. The Kier molecular flexibility index (Phi) is 7.54. The van der Waals surface area contributed by atoms with E-state index in [-0.39, 0.29) is 12.0 Å². The second-order valence-electron chi connectivity index (χ2n) is 15.2. The van der Waals surface area contributed by atoms with Gasteiger partial charge in [-0.3, -0.25) is 0 Å². The van der Waals surface area contributed by atoms with Crippen LogP contribution in [0.15, 0.2) is 205 Å². The third-order valence-corrected chi connectivity index (χ3v) is 13.0. The fourth-order valence-corrected chi connectivity index (χ4v) is 10.0. The fraction of sp³-hybridized carbons (Fsp3) is 0.0370. The fourth-order valence-electron chi connectivity index (χ4n) is 8.93. The Morgan fingerprint density at radius 3 is 1.88 bits per heavy atom. The molecule has 0 spiro atoms. The van der Waals surface area contributed by atoms with Crippen LogP contribution in [0.1, 0.15) is 11.5 Å². The number of para-hydroxylation sites is 1. The summed E-state index contributed by atoms with van der Waals surface area (Å²) in [5.41, 5.74) is 13.3. The van der Waals surface area contributed by atoms with Crippen molar-refractivity contribution in [2.24, 2.45) is 0 Å². The predicted octanol–water partition coefficient (Wildman–Crippen LogP) is 15.4. The van der Waals surface area contributed by atoms with Gasteiger partial charge in [-0.05, 0) is 124 Å². The number of allylic oxidation sites excluding steroid dienone is 2. The summed E-state index contributed by atoms with van der Waals surface area (Å²) < 4.78 is 15.1. The molecule has 0 fully saturated rings. The Bertz CT molecular complexity index is 3290. The van der Waals surface area contributed by atoms with Crippen molar-refractivity contribution in [1.29, 1.82) is 0 Å². The standard InChI is InChI=1S/C54H35NO2S/c1-4-16-49-43(13-1)46-31-37(21-26-51(46)56-49)34-19-24-40(25-20-34)55(41-11-7-9-35(29-41)38-22-27-52-47(32-38)44-14-2-5-17-50(44)57-52)42-12-8-10-36(30-42)39-23-28-54-48(33-39)45-15-3-6-18-53(45)58-54/h1-33,44,50H/t44?,50-/m1/s1. The molecule has 3 heterocycles. The van der Waals surface area contributed by atoms with Gasteiger partial charge in [-0.15, -0.1) is 11.3 Å². The van der Waals surface area contributed by atoms with Crippen molar-refractivity contribution in [3.8, 4) is 39.1 Å². The van der Waals surface area contributed by atoms with Gasteiger partial charge in [0.05, 0.1) is 0 Å². The van der Waals surface area contributed by atoms with Gasteiger partial charge in [-0.1, -0.05) is 109 Å². The molecular weight excluding hydrogens is 727 g/mol. The zero-order valence-corrected chi connectivity index (χ0v) is 32.2. The summed E-state index contributed by atoms with van der Waals surface area (Å²) in [7, 11) is 0. The molecule has 4 heteroatoms. The molecular formula is C54H35NO2S. The minimum atomic E-state index is 0.0624. The molecule has 2 aliphatic rings. The van der Waals surface area contributed by atoms with E-state index in [9.17, 15) is 0 Å². The van der Waals surface area contributed by atoms with Gasteiger partial charge in [0.15, 0.2) is 0 Å². The minimum Gasteiger partial charge on any atom is -0.485 e. The lowest BCUT2D eigenvalue weighted by atomic mass is 9.90. The van der Waals surface area contributed by atoms with Crippen LogP contribution in [-0.4, -0.2) is 6.10 Å². The lowest BCUT2D eigenvalue weighted by Crippen LogP contribution is -2.15. The summed E-state index contributed by atoms with van der Waals surface area (Å²) in [5, 5.41) is 4.88. The number of rotatable bonds is 6. The van der Waals surface area contributed by atoms with E-state index in [1.807, 2.05) is 23.5 Å². The first-order valence-electron chi connectivity index (χ1n) is 19.8. The second-order valence-corrected chi connectivity index (χ2v) is 16.3. The summed E-state index contributed by atoms with van der Waals surface area (Å²) in [6.45, 7) is 0. The lowest BCUT2D eigenvalue weighted by Gasteiger charge is -2.27. The average Bonchev–Trinajstić information content (AvgIpc) is 3.97. The van der Waals surface area contributed by atoms with Crippen LogP contribution < -0.4 is 9.64 Å². The van der Waals surface area contributed by atoms with Gasteiger partial charge in [-0.25, -0.2) is 0 Å². The van der Waals surface area contributed by atoms with E-state index < -0.39 is 0 Å². The molecule has 0 radical (unpaired) electrons. The molecule has 1 aliphatic carbocycles. The van der Waals surface area contributed by atoms with Gasteiger partial charge in [0.1, 0.15) is 23.0 Å². The zero-order valence-electron chi connectivity index (χ0n) is 31.4. The number of ether oxygens (including phenoxy) is 1. The van der Waals surface area contributed by atoms with E-state index in [1.165, 1.54) is 42.4 Å². The molecule has 0 amide bonds. The Labute approximate surface area is 340 Å². The van der Waals surface area contributed by atoms with Crippen LogP contribution in [0.3, 0.4) is 0 Å². The van der Waals surface area contributed by atoms with E-state index >= 15 is 0 Å². The van der Waals surface area contributed by atoms with E-state index in [0.29, 0.717) is 0 Å². The van der Waals surface area contributed by atoms with Crippen LogP contribution in [0.4, 0.5) is 17.1 Å². The first-order valence-corrected chi connectivity index (χ1v) is 20.6. The molecule has 0 bridgehead atoms. The van der Waals surface area contributed by atoms with Gasteiger partial charge in [0.2, 0.25) is 0 Å². The van der Waals surface area contributed by atoms with Crippen molar-refractivity contribution >= 4 is 70.5 Å². The number of hydrogen-bond donors (Lipinski definition) is 0. The maximum Gasteiger partial charge on any atom is 0.135 e. The molecule has 274 valence electrons. The molecule has 0 saturated heterocycles. The predicted molar refractivity (Wildman–Crippen MR) is 243 cm³/mol. The largest absolute Gasteiger partial charge is 0.485 e. The smallest absolute Gasteiger partial charge is 0.135 e. The summed E-state index contributed by atoms with van der Waals surface area (Å²) in [5.74, 6) is 1.21. The highest BCUT2D eigenvalue weighted by atomic mass is 32.1. The maximum atomic E-state index is 6.29. The third kappa shape index (κ3) is 5.48. The minimum absolute atomic E-state index is 0.0624. The van der Waals surface area contributed by atoms with Gasteiger partial charge in [0.25, 0.3) is 0 Å². The Morgan fingerprint density at radius 2 is 1.03 bits per heavy atom. The Morgan fingerprint density at radius 1 is 0.414 bits per heavy atom. The van der Waals surface area contributed by atoms with E-state index in [1.54, 1.807) is 0 Å². The van der Waals surface area contributed by atoms with Crippen LogP contribution in [0, 0.1) is 0 Å². The molecule has 8 aromatic carbocycles. The van der Waals surface area contributed by atoms with Crippen molar-refractivity contribution in [3.63, 3.8) is 0 Å². The normalized spacial score (nSPS) is 15.6. The highest BCUT2D eigenvalue weighted by molar-refractivity contribution is 7.25. The van der Waals surface area contributed by atoms with Crippen LogP contribution in [-0.2, 0) is 0 Å². The molecule has 1 unspecified atom stereocenters. The maximum absolute atomic E-state index is 6.29. The van der Waals surface area contributed by atoms with Crippen LogP contribution in [0.2, 0.25) is 0 Å². The number of anilines is 3. The summed E-state index contributed by atoms with van der Waals surface area (Å²) >= 11 is 1.85. The van der Waals surface area contributed by atoms with Crippen molar-refractivity contribution in [2.75, 3.05) is 4.90 Å². The number of nitrogens with zero attached hydrogens (tertiary/aromatic N) is 1. The topological polar surface area (TPSA) is 25.6 Å². The average molecular weight is 762 g/mol. The zero-order chi connectivity index (χ0) is 38.2. The number of benzene rings is 8. The lowest BCUT2D eigenvalue weighted by molar-refractivity contribution is 0.269. The monoisotopic (exact) mass is 761 g/mol. The highest BCUT2D eigenvalue weighted by Crippen LogP contribution is 2.45. The molecule has 0 N–H and O–H groups in total. The highest BCUT2D eigenvalue weighted by Gasteiger charge is 2.32. The number of hydrogen-bond acceptors (Lipinski definition) is 4. The van der Waals surface area contributed by atoms with Crippen molar-refractivity contribution in [1.82, 2.24) is 0 Å². The van der Waals surface area contributed by atoms with Crippen LogP contribution in [0.5, 0.6) is 5.75 Å². The SMILES string of the molecule is C1=CC2c3cc(-c4cccc(N(c5ccc(-c6ccc7oc8ccccc8c7c6)cc5)c5cccc(-c6ccc7sc8ccccc8c7c6)c5)c4)ccc3O[C@@H]2C=C1. The van der Waals surface area contributed by atoms with Crippen molar-refractivity contribution in [3.05, 3.63) is 206 Å². The molecule has 0 saturated carbocycles. The first kappa shape index (κ1) is 33.0. The van der Waals surface area contributed by atoms with Crippen molar-refractivity contribution in [2.45, 2.75) is 12.0 Å². The summed E-state index contributed by atoms with van der Waals surface area (Å²) in [6.07, 6.45) is 8.68. The van der Waals surface area contributed by atoms with Crippen LogP contribution >= 0.6 is 11.3 Å². The van der Waals surface area contributed by atoms with Crippen molar-refractivity contribution < 1.29 is 9.15 Å². The second kappa shape index (κ2) is 13.2. The van der Waals surface area contributed by atoms with Gasteiger partial charge in [0, 0.05) is 59.5 Å². The van der Waals surface area contributed by atoms with E-state index in [2.05, 4.69) is 193 Å². The number of fused-ring (bicyclic) bond motifs is 9. The van der Waals surface area contributed by atoms with Crippen LogP contribution in [0.25, 0.3) is 75.5 Å². The van der Waals surface area contributed by atoms with E-state index in [0.717, 1.165) is 61.4 Å². The Balaban J connectivity index is 0.962. The Hall–Kier alpha value is -7.14. The molecule has 1 aliphatic heterocycles. The van der Waals surface area contributed by atoms with E-state index in [4.69, 9.17) is 9.15 Å². The number of furan rings is 1. The summed E-state index contributed by atoms with van der Waals surface area (Å²) in [6, 6.07) is 63.8. The molecule has 3 nitrogen and oxygen atoms in total.